The number of carbonyl (C=O) groups excluding carboxylic acids is 1. The summed E-state index contributed by atoms with van der Waals surface area (Å²) in [6.45, 7) is 0.307. The first-order valence-electron chi connectivity index (χ1n) is 5.35. The Balaban J connectivity index is 2.11. The molecule has 9 heteroatoms. The van der Waals surface area contributed by atoms with Crippen LogP contribution in [-0.4, -0.2) is 30.2 Å². The van der Waals surface area contributed by atoms with Crippen molar-refractivity contribution in [3.63, 3.8) is 0 Å². The second-order valence-electron chi connectivity index (χ2n) is 3.80. The zero-order chi connectivity index (χ0) is 13.8. The van der Waals surface area contributed by atoms with Gasteiger partial charge in [0.2, 0.25) is 0 Å². The molecule has 1 unspecified atom stereocenters. The highest BCUT2D eigenvalue weighted by Crippen LogP contribution is 2.24. The lowest BCUT2D eigenvalue weighted by Gasteiger charge is -2.12. The Labute approximate surface area is 107 Å². The molecule has 1 aromatic carbocycles. The number of ether oxygens (including phenoxy) is 1. The first-order valence-corrected chi connectivity index (χ1v) is 5.35. The number of azide groups is 1. The topological polar surface area (TPSA) is 121 Å². The van der Waals surface area contributed by atoms with Crippen LogP contribution in [0.3, 0.4) is 0 Å². The number of nitrogens with zero attached hydrogens (tertiary/aromatic N) is 5. The standard InChI is InChI=1S/C10H9N5O4/c11-13-12-5-9-6-14(10(16)19-9)7-1-3-8(4-2-7)15(17)18/h1-4,9H,5-6H2. The summed E-state index contributed by atoms with van der Waals surface area (Å²) in [6, 6.07) is 5.55. The van der Waals surface area contributed by atoms with E-state index in [9.17, 15) is 14.9 Å². The van der Waals surface area contributed by atoms with Crippen molar-refractivity contribution >= 4 is 17.5 Å². The molecule has 1 amide bonds. The third-order valence-electron chi connectivity index (χ3n) is 2.59. The monoisotopic (exact) mass is 263 g/mol. The first-order chi connectivity index (χ1) is 9.11. The van der Waals surface area contributed by atoms with Gasteiger partial charge in [-0.25, -0.2) is 4.79 Å². The Morgan fingerprint density at radius 2 is 2.21 bits per heavy atom. The average molecular weight is 263 g/mol. The van der Waals surface area contributed by atoms with Crippen LogP contribution in [0, 0.1) is 10.1 Å². The van der Waals surface area contributed by atoms with Crippen LogP contribution in [0.4, 0.5) is 16.2 Å². The highest BCUT2D eigenvalue weighted by Gasteiger charge is 2.31. The van der Waals surface area contributed by atoms with Crippen LogP contribution in [0.5, 0.6) is 0 Å². The highest BCUT2D eigenvalue weighted by atomic mass is 16.6. The fourth-order valence-corrected chi connectivity index (χ4v) is 1.71. The number of hydrogen-bond donors (Lipinski definition) is 0. The Kier molecular flexibility index (Phi) is 3.48. The Bertz CT molecular complexity index is 552. The maximum absolute atomic E-state index is 11.6. The fraction of sp³-hybridized carbons (Fsp3) is 0.300. The summed E-state index contributed by atoms with van der Waals surface area (Å²) in [6.07, 6.45) is -1.06. The number of anilines is 1. The van der Waals surface area contributed by atoms with Crippen molar-refractivity contribution < 1.29 is 14.5 Å². The Hall–Kier alpha value is -2.80. The van der Waals surface area contributed by atoms with E-state index in [1.807, 2.05) is 0 Å². The maximum atomic E-state index is 11.6. The van der Waals surface area contributed by atoms with Crippen molar-refractivity contribution in [3.8, 4) is 0 Å². The number of non-ortho nitro benzene ring substituents is 1. The molecule has 0 aliphatic carbocycles. The van der Waals surface area contributed by atoms with E-state index in [2.05, 4.69) is 10.0 Å². The molecule has 1 heterocycles. The SMILES string of the molecule is [N-]=[N+]=NCC1CN(c2ccc([N+](=O)[O-])cc2)C(=O)O1. The van der Waals surface area contributed by atoms with E-state index in [-0.39, 0.29) is 18.8 Å². The van der Waals surface area contributed by atoms with Crippen molar-refractivity contribution in [2.45, 2.75) is 6.10 Å². The molecule has 19 heavy (non-hydrogen) atoms. The molecular weight excluding hydrogens is 254 g/mol. The van der Waals surface area contributed by atoms with E-state index in [0.717, 1.165) is 0 Å². The number of rotatable bonds is 4. The van der Waals surface area contributed by atoms with Crippen molar-refractivity contribution in [1.82, 2.24) is 0 Å². The van der Waals surface area contributed by atoms with Gasteiger partial charge in [-0.2, -0.15) is 0 Å². The van der Waals surface area contributed by atoms with Gasteiger partial charge in [0.1, 0.15) is 6.10 Å². The van der Waals surface area contributed by atoms with Gasteiger partial charge < -0.3 is 4.74 Å². The van der Waals surface area contributed by atoms with Gasteiger partial charge in [-0.1, -0.05) is 5.11 Å². The van der Waals surface area contributed by atoms with E-state index >= 15 is 0 Å². The fourth-order valence-electron chi connectivity index (χ4n) is 1.71. The van der Waals surface area contributed by atoms with Gasteiger partial charge in [-0.3, -0.25) is 15.0 Å². The van der Waals surface area contributed by atoms with Crippen LogP contribution >= 0.6 is 0 Å². The maximum Gasteiger partial charge on any atom is 0.414 e. The van der Waals surface area contributed by atoms with Crippen molar-refractivity contribution in [2.75, 3.05) is 18.0 Å². The first kappa shape index (κ1) is 12.7. The summed E-state index contributed by atoms with van der Waals surface area (Å²) in [5.41, 5.74) is 8.64. The number of nitro benzene ring substituents is 1. The lowest BCUT2D eigenvalue weighted by atomic mass is 10.2. The van der Waals surface area contributed by atoms with Gasteiger partial charge in [0.05, 0.1) is 18.0 Å². The van der Waals surface area contributed by atoms with E-state index in [1.165, 1.54) is 29.2 Å². The summed E-state index contributed by atoms with van der Waals surface area (Å²) < 4.78 is 5.00. The third kappa shape index (κ3) is 2.72. The molecule has 0 N–H and O–H groups in total. The summed E-state index contributed by atoms with van der Waals surface area (Å²) >= 11 is 0. The zero-order valence-corrected chi connectivity index (χ0v) is 9.67. The highest BCUT2D eigenvalue weighted by molar-refractivity contribution is 5.89. The molecule has 1 aliphatic heterocycles. The molecule has 0 aromatic heterocycles. The summed E-state index contributed by atoms with van der Waals surface area (Å²) in [5, 5.41) is 13.9. The van der Waals surface area contributed by atoms with Crippen LogP contribution in [0.15, 0.2) is 29.4 Å². The Morgan fingerprint density at radius 1 is 1.53 bits per heavy atom. The van der Waals surface area contributed by atoms with E-state index in [1.54, 1.807) is 0 Å². The number of benzene rings is 1. The van der Waals surface area contributed by atoms with Gasteiger partial charge in [0, 0.05) is 22.7 Å². The molecule has 2 rings (SSSR count). The average Bonchev–Trinajstić information content (AvgIpc) is 2.77. The lowest BCUT2D eigenvalue weighted by molar-refractivity contribution is -0.384. The quantitative estimate of drug-likeness (QED) is 0.271. The minimum atomic E-state index is -0.563. The molecule has 0 saturated carbocycles. The lowest BCUT2D eigenvalue weighted by Crippen LogP contribution is -2.24. The molecule has 1 fully saturated rings. The second kappa shape index (κ2) is 5.23. The number of carbonyl (C=O) groups is 1. The van der Waals surface area contributed by atoms with Crippen LogP contribution in [0.1, 0.15) is 0 Å². The van der Waals surface area contributed by atoms with Crippen LogP contribution in [0.2, 0.25) is 0 Å². The summed E-state index contributed by atoms with van der Waals surface area (Å²) in [7, 11) is 0. The number of hydrogen-bond acceptors (Lipinski definition) is 5. The predicted octanol–water partition coefficient (Wildman–Crippen LogP) is 2.23. The van der Waals surface area contributed by atoms with Gasteiger partial charge in [0.15, 0.2) is 0 Å². The molecule has 98 valence electrons. The van der Waals surface area contributed by atoms with Crippen molar-refractivity contribution in [1.29, 1.82) is 0 Å². The van der Waals surface area contributed by atoms with E-state index in [0.29, 0.717) is 5.69 Å². The molecular formula is C10H9N5O4. The molecule has 1 saturated heterocycles. The van der Waals surface area contributed by atoms with Crippen molar-refractivity contribution in [2.24, 2.45) is 5.11 Å². The largest absolute Gasteiger partial charge is 0.444 e. The van der Waals surface area contributed by atoms with Crippen molar-refractivity contribution in [3.05, 3.63) is 44.8 Å². The molecule has 0 radical (unpaired) electrons. The number of cyclic esters (lactones) is 1. The Morgan fingerprint density at radius 3 is 2.79 bits per heavy atom. The molecule has 1 atom stereocenters. The third-order valence-corrected chi connectivity index (χ3v) is 2.59. The van der Waals surface area contributed by atoms with Gasteiger partial charge >= 0.3 is 6.09 Å². The van der Waals surface area contributed by atoms with E-state index in [4.69, 9.17) is 10.3 Å². The number of nitro groups is 1. The van der Waals surface area contributed by atoms with Crippen LogP contribution in [-0.2, 0) is 4.74 Å². The minimum absolute atomic E-state index is 0.0538. The second-order valence-corrected chi connectivity index (χ2v) is 3.80. The zero-order valence-electron chi connectivity index (χ0n) is 9.67. The number of amides is 1. The van der Waals surface area contributed by atoms with Crippen LogP contribution in [0.25, 0.3) is 10.4 Å². The van der Waals surface area contributed by atoms with E-state index < -0.39 is 17.1 Å². The molecule has 1 aliphatic rings. The van der Waals surface area contributed by atoms with Gasteiger partial charge in [-0.15, -0.1) is 0 Å². The van der Waals surface area contributed by atoms with Crippen LogP contribution < -0.4 is 4.90 Å². The van der Waals surface area contributed by atoms with Gasteiger partial charge in [-0.05, 0) is 17.7 Å². The molecule has 9 nitrogen and oxygen atoms in total. The van der Waals surface area contributed by atoms with Gasteiger partial charge in [0.25, 0.3) is 5.69 Å². The minimum Gasteiger partial charge on any atom is -0.444 e. The molecule has 0 bridgehead atoms. The molecule has 1 aromatic rings. The summed E-state index contributed by atoms with van der Waals surface area (Å²) in [4.78, 5) is 25.5. The normalized spacial score (nSPS) is 17.8. The smallest absolute Gasteiger partial charge is 0.414 e. The predicted molar refractivity (Wildman–Crippen MR) is 64.7 cm³/mol. The summed E-state index contributed by atoms with van der Waals surface area (Å²) in [5.74, 6) is 0. The molecule has 0 spiro atoms.